The molecule has 1 unspecified atom stereocenters. The average molecular weight is 537 g/mol. The molecule has 14 nitrogen and oxygen atoms in total. The number of rotatable bonds is 15. The van der Waals surface area contributed by atoms with Crippen molar-refractivity contribution in [3.05, 3.63) is 62.2 Å². The summed E-state index contributed by atoms with van der Waals surface area (Å²) in [5, 5.41) is 24.2. The fraction of sp³-hybridized carbons (Fsp3) is 0.417. The molecular weight excluding hydrogens is 504 g/mol. The number of ether oxygens (including phenoxy) is 4. The van der Waals surface area contributed by atoms with Crippen LogP contribution in [-0.2, 0) is 14.3 Å². The van der Waals surface area contributed by atoms with Gasteiger partial charge in [0.15, 0.2) is 11.5 Å². The van der Waals surface area contributed by atoms with Gasteiger partial charge in [-0.15, -0.1) is 0 Å². The molecule has 2 rings (SSSR count). The van der Waals surface area contributed by atoms with Gasteiger partial charge in [0.1, 0.15) is 5.75 Å². The second kappa shape index (κ2) is 17.2. The van der Waals surface area contributed by atoms with Crippen molar-refractivity contribution in [3.63, 3.8) is 0 Å². The molecule has 0 bridgehead atoms. The summed E-state index contributed by atoms with van der Waals surface area (Å²) in [4.78, 5) is 41.9. The average Bonchev–Trinajstić information content (AvgIpc) is 2.91. The number of hydrogen-bond donors (Lipinski definition) is 2. The first-order valence-corrected chi connectivity index (χ1v) is 11.5. The first kappa shape index (κ1) is 31.7. The van der Waals surface area contributed by atoms with Crippen molar-refractivity contribution in [1.29, 1.82) is 0 Å². The van der Waals surface area contributed by atoms with Gasteiger partial charge in [-0.05, 0) is 44.5 Å². The minimum absolute atomic E-state index is 0.0340. The van der Waals surface area contributed by atoms with E-state index in [0.29, 0.717) is 37.2 Å². The number of amides is 1. The van der Waals surface area contributed by atoms with Crippen LogP contribution in [0.5, 0.6) is 17.2 Å². The lowest BCUT2D eigenvalue weighted by Crippen LogP contribution is -2.26. The molecule has 0 fully saturated rings. The first-order valence-electron chi connectivity index (χ1n) is 11.5. The van der Waals surface area contributed by atoms with Crippen LogP contribution >= 0.6 is 0 Å². The molecule has 0 spiro atoms. The third-order valence-corrected chi connectivity index (χ3v) is 5.04. The van der Waals surface area contributed by atoms with Gasteiger partial charge in [0.2, 0.25) is 5.91 Å². The third kappa shape index (κ3) is 10.8. The molecule has 0 saturated heterocycles. The number of nitro benzene ring substituents is 2. The minimum atomic E-state index is -0.523. The topological polar surface area (TPSA) is 195 Å². The Morgan fingerprint density at radius 1 is 1.08 bits per heavy atom. The summed E-state index contributed by atoms with van der Waals surface area (Å²) in [7, 11) is 2.93. The Morgan fingerprint density at radius 2 is 1.76 bits per heavy atom. The van der Waals surface area contributed by atoms with Gasteiger partial charge in [0.05, 0.1) is 41.3 Å². The van der Waals surface area contributed by atoms with Crippen LogP contribution in [0.2, 0.25) is 0 Å². The van der Waals surface area contributed by atoms with E-state index < -0.39 is 16.0 Å². The van der Waals surface area contributed by atoms with Gasteiger partial charge in [-0.2, -0.15) is 0 Å². The van der Waals surface area contributed by atoms with Crippen LogP contribution < -0.4 is 25.3 Å². The van der Waals surface area contributed by atoms with Crippen molar-refractivity contribution < 1.29 is 38.4 Å². The molecule has 1 atom stereocenters. The highest BCUT2D eigenvalue weighted by Crippen LogP contribution is 2.38. The van der Waals surface area contributed by atoms with Crippen LogP contribution in [0.4, 0.5) is 11.4 Å². The van der Waals surface area contributed by atoms with Gasteiger partial charge in [-0.1, -0.05) is 0 Å². The van der Waals surface area contributed by atoms with E-state index in [9.17, 15) is 29.8 Å². The quantitative estimate of drug-likeness (QED) is 0.147. The molecule has 2 aromatic carbocycles. The molecular formula is C24H32N4O10. The van der Waals surface area contributed by atoms with Gasteiger partial charge in [0, 0.05) is 32.2 Å². The van der Waals surface area contributed by atoms with Gasteiger partial charge in [-0.25, -0.2) is 0 Å². The SMILES string of the molecule is COc1cc(C(C)OC)c([N+](=O)[O-])cc1OCCCC(=O)NCCCN.O=COc1ccc([N+](=O)[O-])cc1. The second-order valence-corrected chi connectivity index (χ2v) is 7.61. The fourth-order valence-corrected chi connectivity index (χ4v) is 2.98. The number of carbonyl (C=O) groups is 2. The zero-order chi connectivity index (χ0) is 28.5. The number of methoxy groups -OCH3 is 2. The van der Waals surface area contributed by atoms with Gasteiger partial charge >= 0.3 is 0 Å². The maximum Gasteiger partial charge on any atom is 0.298 e. The van der Waals surface area contributed by atoms with Gasteiger partial charge in [-0.3, -0.25) is 29.8 Å². The highest BCUT2D eigenvalue weighted by atomic mass is 16.6. The molecule has 0 aliphatic rings. The summed E-state index contributed by atoms with van der Waals surface area (Å²) >= 11 is 0. The summed E-state index contributed by atoms with van der Waals surface area (Å²) < 4.78 is 20.5. The van der Waals surface area contributed by atoms with E-state index in [1.807, 2.05) is 0 Å². The summed E-state index contributed by atoms with van der Waals surface area (Å²) in [6.07, 6.45) is 1.04. The maximum absolute atomic E-state index is 11.6. The molecule has 1 amide bonds. The number of nitrogens with two attached hydrogens (primary N) is 1. The Bertz CT molecular complexity index is 1060. The molecule has 0 aliphatic heterocycles. The molecule has 3 N–H and O–H groups in total. The van der Waals surface area contributed by atoms with Crippen LogP contribution in [0, 0.1) is 20.2 Å². The second-order valence-electron chi connectivity index (χ2n) is 7.61. The number of nitrogens with one attached hydrogen (secondary N) is 1. The van der Waals surface area contributed by atoms with Crippen LogP contribution in [0.3, 0.4) is 0 Å². The highest BCUT2D eigenvalue weighted by Gasteiger charge is 2.23. The molecule has 2 aromatic rings. The predicted octanol–water partition coefficient (Wildman–Crippen LogP) is 3.06. The van der Waals surface area contributed by atoms with E-state index >= 15 is 0 Å². The van der Waals surface area contributed by atoms with E-state index in [0.717, 1.165) is 6.42 Å². The van der Waals surface area contributed by atoms with Crippen LogP contribution in [0.25, 0.3) is 0 Å². The molecule has 0 heterocycles. The Labute approximate surface area is 219 Å². The third-order valence-electron chi connectivity index (χ3n) is 5.04. The smallest absolute Gasteiger partial charge is 0.298 e. The number of non-ortho nitro benzene ring substituents is 1. The molecule has 0 aromatic heterocycles. The molecule has 38 heavy (non-hydrogen) atoms. The van der Waals surface area contributed by atoms with E-state index in [-0.39, 0.29) is 41.9 Å². The Morgan fingerprint density at radius 3 is 2.29 bits per heavy atom. The van der Waals surface area contributed by atoms with E-state index in [2.05, 4.69) is 10.1 Å². The summed E-state index contributed by atoms with van der Waals surface area (Å²) in [5.74, 6) is 0.844. The lowest BCUT2D eigenvalue weighted by molar-refractivity contribution is -0.386. The van der Waals surface area contributed by atoms with Gasteiger partial charge in [0.25, 0.3) is 17.8 Å². The van der Waals surface area contributed by atoms with Crippen molar-refractivity contribution >= 4 is 23.8 Å². The molecule has 14 heteroatoms. The van der Waals surface area contributed by atoms with Crippen molar-refractivity contribution in [2.45, 2.75) is 32.3 Å². The summed E-state index contributed by atoms with van der Waals surface area (Å²) in [6, 6.07) is 8.10. The van der Waals surface area contributed by atoms with Crippen molar-refractivity contribution in [2.75, 3.05) is 33.9 Å². The standard InChI is InChI=1S/C17H27N3O6.C7H5NO4/c1-12(24-2)13-10-15(25-3)16(11-14(13)20(22)23)26-9-4-6-17(21)19-8-5-7-18;9-5-12-7-3-1-6(2-4-7)8(10)11/h10-12H,4-9,18H2,1-3H3,(H,19,21);1-5H. The van der Waals surface area contributed by atoms with E-state index in [1.165, 1.54) is 44.6 Å². The zero-order valence-electron chi connectivity index (χ0n) is 21.4. The summed E-state index contributed by atoms with van der Waals surface area (Å²) in [5.41, 5.74) is 5.63. The lowest BCUT2D eigenvalue weighted by Gasteiger charge is -2.15. The van der Waals surface area contributed by atoms with Crippen molar-refractivity contribution in [2.24, 2.45) is 5.73 Å². The number of hydrogen-bond acceptors (Lipinski definition) is 11. The number of benzene rings is 2. The predicted molar refractivity (Wildman–Crippen MR) is 136 cm³/mol. The minimum Gasteiger partial charge on any atom is -0.493 e. The lowest BCUT2D eigenvalue weighted by atomic mass is 10.1. The zero-order valence-corrected chi connectivity index (χ0v) is 21.4. The molecule has 0 radical (unpaired) electrons. The Kier molecular flexibility index (Phi) is 14.4. The molecule has 208 valence electrons. The number of nitrogens with zero attached hydrogens (tertiary/aromatic N) is 2. The van der Waals surface area contributed by atoms with E-state index in [1.54, 1.807) is 13.0 Å². The fourth-order valence-electron chi connectivity index (χ4n) is 2.98. The maximum atomic E-state index is 11.6. The molecule has 0 aliphatic carbocycles. The highest BCUT2D eigenvalue weighted by molar-refractivity contribution is 5.75. The van der Waals surface area contributed by atoms with Crippen molar-refractivity contribution in [1.82, 2.24) is 5.32 Å². The Balaban J connectivity index is 0.000000499. The van der Waals surface area contributed by atoms with Crippen LogP contribution in [0.1, 0.15) is 37.9 Å². The van der Waals surface area contributed by atoms with E-state index in [4.69, 9.17) is 19.9 Å². The van der Waals surface area contributed by atoms with Gasteiger partial charge < -0.3 is 30.0 Å². The monoisotopic (exact) mass is 536 g/mol. The normalized spacial score (nSPS) is 10.8. The first-order chi connectivity index (χ1) is 18.2. The number of nitro groups is 2. The molecule has 0 saturated carbocycles. The number of carbonyl (C=O) groups excluding carboxylic acids is 2. The Hall–Kier alpha value is -4.30. The van der Waals surface area contributed by atoms with Crippen molar-refractivity contribution in [3.8, 4) is 17.2 Å². The largest absolute Gasteiger partial charge is 0.493 e. The van der Waals surface area contributed by atoms with Crippen LogP contribution in [0.15, 0.2) is 36.4 Å². The van der Waals surface area contributed by atoms with Crippen LogP contribution in [-0.4, -0.2) is 56.1 Å². The summed E-state index contributed by atoms with van der Waals surface area (Å²) in [6.45, 7) is 3.29.